The van der Waals surface area contributed by atoms with Crippen LogP contribution in [0.15, 0.2) is 47.6 Å². The molecular weight excluding hydrogens is 364 g/mol. The summed E-state index contributed by atoms with van der Waals surface area (Å²) in [7, 11) is 3.33. The summed E-state index contributed by atoms with van der Waals surface area (Å²) in [5.74, 6) is 3.03. The van der Waals surface area contributed by atoms with Gasteiger partial charge in [0.1, 0.15) is 5.75 Å². The SMILES string of the molecule is COc1ccc(C2=NN3[C@H](C2)c2ccccc2O[C@@H]3C2CCCCC2)cc1OC. The Morgan fingerprint density at radius 2 is 1.76 bits per heavy atom. The molecule has 0 spiro atoms. The van der Waals surface area contributed by atoms with Gasteiger partial charge in [0.2, 0.25) is 0 Å². The van der Waals surface area contributed by atoms with Crippen LogP contribution in [-0.4, -0.2) is 31.2 Å². The fourth-order valence-corrected chi connectivity index (χ4v) is 4.98. The minimum Gasteiger partial charge on any atom is -0.493 e. The highest BCUT2D eigenvalue weighted by Crippen LogP contribution is 2.46. The molecule has 0 bridgehead atoms. The smallest absolute Gasteiger partial charge is 0.190 e. The maximum absolute atomic E-state index is 6.53. The molecule has 5 heteroatoms. The second-order valence-corrected chi connectivity index (χ2v) is 8.16. The van der Waals surface area contributed by atoms with Gasteiger partial charge in [-0.2, -0.15) is 5.10 Å². The molecule has 0 N–H and O–H groups in total. The van der Waals surface area contributed by atoms with Crippen molar-refractivity contribution >= 4 is 5.71 Å². The molecular formula is C24H28N2O3. The van der Waals surface area contributed by atoms with Crippen LogP contribution in [0.3, 0.4) is 0 Å². The van der Waals surface area contributed by atoms with Crippen LogP contribution in [0.1, 0.15) is 55.7 Å². The van der Waals surface area contributed by atoms with Gasteiger partial charge >= 0.3 is 0 Å². The molecule has 0 aromatic heterocycles. The van der Waals surface area contributed by atoms with Gasteiger partial charge in [0.15, 0.2) is 17.7 Å². The van der Waals surface area contributed by atoms with Gasteiger partial charge in [-0.1, -0.05) is 37.5 Å². The van der Waals surface area contributed by atoms with Gasteiger partial charge in [-0.15, -0.1) is 0 Å². The predicted molar refractivity (Wildman–Crippen MR) is 113 cm³/mol. The third-order valence-corrected chi connectivity index (χ3v) is 6.50. The van der Waals surface area contributed by atoms with Crippen molar-refractivity contribution in [1.82, 2.24) is 5.01 Å². The molecule has 5 rings (SSSR count). The molecule has 0 radical (unpaired) electrons. The van der Waals surface area contributed by atoms with Gasteiger partial charge in [0.25, 0.3) is 0 Å². The van der Waals surface area contributed by atoms with E-state index in [0.29, 0.717) is 5.92 Å². The molecule has 0 unspecified atom stereocenters. The van der Waals surface area contributed by atoms with E-state index in [4.69, 9.17) is 19.3 Å². The molecule has 3 aliphatic rings. The number of hydrogen-bond acceptors (Lipinski definition) is 5. The second-order valence-electron chi connectivity index (χ2n) is 8.16. The molecule has 1 aliphatic carbocycles. The van der Waals surface area contributed by atoms with E-state index in [1.165, 1.54) is 37.7 Å². The lowest BCUT2D eigenvalue weighted by Gasteiger charge is -2.42. The van der Waals surface area contributed by atoms with E-state index >= 15 is 0 Å². The molecule has 29 heavy (non-hydrogen) atoms. The van der Waals surface area contributed by atoms with Crippen molar-refractivity contribution in [3.05, 3.63) is 53.6 Å². The highest BCUT2D eigenvalue weighted by atomic mass is 16.5. The first kappa shape index (κ1) is 18.3. The quantitative estimate of drug-likeness (QED) is 0.721. The lowest BCUT2D eigenvalue weighted by molar-refractivity contribution is -0.0643. The van der Waals surface area contributed by atoms with Crippen LogP contribution in [-0.2, 0) is 0 Å². The standard InChI is InChI=1S/C24H28N2O3/c1-27-22-13-12-17(14-23(22)28-2)19-15-20-18-10-6-7-11-21(18)29-24(26(20)25-19)16-8-4-3-5-9-16/h6-7,10-14,16,20,24H,3-5,8-9,15H2,1-2H3/t20-,24-/m1/s1. The number of methoxy groups -OCH3 is 2. The first-order valence-electron chi connectivity index (χ1n) is 10.6. The fraction of sp³-hybridized carbons (Fsp3) is 0.458. The topological polar surface area (TPSA) is 43.3 Å². The molecule has 2 atom stereocenters. The Morgan fingerprint density at radius 3 is 2.55 bits per heavy atom. The summed E-state index contributed by atoms with van der Waals surface area (Å²) in [6.45, 7) is 0. The van der Waals surface area contributed by atoms with Crippen LogP contribution in [0.2, 0.25) is 0 Å². The Morgan fingerprint density at radius 1 is 0.966 bits per heavy atom. The van der Waals surface area contributed by atoms with E-state index in [1.54, 1.807) is 14.2 Å². The van der Waals surface area contributed by atoms with Crippen LogP contribution < -0.4 is 14.2 Å². The molecule has 2 heterocycles. The normalized spacial score (nSPS) is 23.7. The van der Waals surface area contributed by atoms with Crippen molar-refractivity contribution in [2.24, 2.45) is 11.0 Å². The lowest BCUT2D eigenvalue weighted by Crippen LogP contribution is -2.45. The molecule has 5 nitrogen and oxygen atoms in total. The van der Waals surface area contributed by atoms with Crippen molar-refractivity contribution in [2.45, 2.75) is 50.8 Å². The Bertz CT molecular complexity index is 920. The van der Waals surface area contributed by atoms with E-state index in [-0.39, 0.29) is 12.3 Å². The zero-order chi connectivity index (χ0) is 19.8. The minimum absolute atomic E-state index is 0.0212. The number of fused-ring (bicyclic) bond motifs is 3. The highest BCUT2D eigenvalue weighted by molar-refractivity contribution is 6.02. The fourth-order valence-electron chi connectivity index (χ4n) is 4.98. The van der Waals surface area contributed by atoms with Gasteiger partial charge in [-0.25, -0.2) is 5.01 Å². The lowest BCUT2D eigenvalue weighted by atomic mass is 9.86. The van der Waals surface area contributed by atoms with Crippen molar-refractivity contribution in [3.63, 3.8) is 0 Å². The maximum atomic E-state index is 6.53. The van der Waals surface area contributed by atoms with E-state index in [9.17, 15) is 0 Å². The minimum atomic E-state index is 0.0212. The van der Waals surface area contributed by atoms with Gasteiger partial charge < -0.3 is 14.2 Å². The van der Waals surface area contributed by atoms with Crippen LogP contribution >= 0.6 is 0 Å². The number of hydrazone groups is 1. The Labute approximate surface area is 172 Å². The Balaban J connectivity index is 1.51. The van der Waals surface area contributed by atoms with E-state index in [1.807, 2.05) is 12.1 Å². The Hall–Kier alpha value is -2.69. The Kier molecular flexibility index (Phi) is 4.82. The molecule has 2 aromatic carbocycles. The zero-order valence-corrected chi connectivity index (χ0v) is 17.1. The van der Waals surface area contributed by atoms with E-state index in [0.717, 1.165) is 34.9 Å². The molecule has 152 valence electrons. The molecule has 0 amide bonds. The van der Waals surface area contributed by atoms with Gasteiger partial charge in [-0.3, -0.25) is 0 Å². The summed E-state index contributed by atoms with van der Waals surface area (Å²) in [6, 6.07) is 14.7. The monoisotopic (exact) mass is 392 g/mol. The molecule has 1 fully saturated rings. The average Bonchev–Trinajstić information content (AvgIpc) is 3.24. The van der Waals surface area contributed by atoms with Crippen molar-refractivity contribution < 1.29 is 14.2 Å². The van der Waals surface area contributed by atoms with Crippen LogP contribution in [0.25, 0.3) is 0 Å². The largest absolute Gasteiger partial charge is 0.493 e. The third kappa shape index (κ3) is 3.22. The number of rotatable bonds is 4. The molecule has 0 saturated heterocycles. The van der Waals surface area contributed by atoms with Gasteiger partial charge in [-0.05, 0) is 37.1 Å². The summed E-state index contributed by atoms with van der Waals surface area (Å²) in [5, 5.41) is 7.34. The zero-order valence-electron chi connectivity index (χ0n) is 17.1. The van der Waals surface area contributed by atoms with E-state index < -0.39 is 0 Å². The first-order valence-corrected chi connectivity index (χ1v) is 10.6. The number of nitrogens with zero attached hydrogens (tertiary/aromatic N) is 2. The van der Waals surface area contributed by atoms with Crippen LogP contribution in [0.5, 0.6) is 17.2 Å². The number of ether oxygens (including phenoxy) is 3. The predicted octanol–water partition coefficient (Wildman–Crippen LogP) is 5.15. The molecule has 1 saturated carbocycles. The number of hydrogen-bond donors (Lipinski definition) is 0. The summed E-state index contributed by atoms with van der Waals surface area (Å²) in [6.07, 6.45) is 7.25. The molecule has 2 aliphatic heterocycles. The third-order valence-electron chi connectivity index (χ3n) is 6.50. The second kappa shape index (κ2) is 7.62. The molecule has 2 aromatic rings. The maximum Gasteiger partial charge on any atom is 0.190 e. The van der Waals surface area contributed by atoms with Gasteiger partial charge in [0.05, 0.1) is 26.0 Å². The van der Waals surface area contributed by atoms with Crippen molar-refractivity contribution in [2.75, 3.05) is 14.2 Å². The summed E-state index contributed by atoms with van der Waals surface area (Å²) in [4.78, 5) is 0. The van der Waals surface area contributed by atoms with Crippen LogP contribution in [0, 0.1) is 5.92 Å². The summed E-state index contributed by atoms with van der Waals surface area (Å²) >= 11 is 0. The summed E-state index contributed by atoms with van der Waals surface area (Å²) in [5.41, 5.74) is 3.40. The highest BCUT2D eigenvalue weighted by Gasteiger charge is 2.43. The number of para-hydroxylation sites is 1. The number of benzene rings is 2. The van der Waals surface area contributed by atoms with Crippen molar-refractivity contribution in [3.8, 4) is 17.2 Å². The van der Waals surface area contributed by atoms with Crippen LogP contribution in [0.4, 0.5) is 0 Å². The average molecular weight is 392 g/mol. The van der Waals surface area contributed by atoms with E-state index in [2.05, 4.69) is 35.3 Å². The van der Waals surface area contributed by atoms with Crippen molar-refractivity contribution in [1.29, 1.82) is 0 Å². The van der Waals surface area contributed by atoms with Gasteiger partial charge in [0, 0.05) is 23.5 Å². The summed E-state index contributed by atoms with van der Waals surface area (Å²) < 4.78 is 17.4. The first-order chi connectivity index (χ1) is 14.3.